The molecule has 2 aromatic rings. The van der Waals surface area contributed by atoms with Gasteiger partial charge in [0.2, 0.25) is 0 Å². The van der Waals surface area contributed by atoms with E-state index in [2.05, 4.69) is 15.6 Å². The Labute approximate surface area is 159 Å². The van der Waals surface area contributed by atoms with Crippen molar-refractivity contribution in [2.45, 2.75) is 20.0 Å². The molecule has 0 aliphatic rings. The van der Waals surface area contributed by atoms with Gasteiger partial charge in [0.1, 0.15) is 12.4 Å². The van der Waals surface area contributed by atoms with Crippen LogP contribution in [-0.4, -0.2) is 31.0 Å². The molecular formula is C16H23Cl2N3O2S. The number of nitrogens with zero attached hydrogens (tertiary/aromatic N) is 1. The third-order valence-electron chi connectivity index (χ3n) is 3.04. The van der Waals surface area contributed by atoms with Crippen molar-refractivity contribution in [2.75, 3.05) is 20.1 Å². The van der Waals surface area contributed by atoms with Crippen LogP contribution in [0.1, 0.15) is 27.5 Å². The summed E-state index contributed by atoms with van der Waals surface area (Å²) in [6.07, 6.45) is 0.904. The number of carbonyl (C=O) groups excluding carboxylic acids is 1. The van der Waals surface area contributed by atoms with Crippen LogP contribution in [0.4, 0.5) is 0 Å². The number of hydrogen-bond donors (Lipinski definition) is 2. The molecule has 0 radical (unpaired) electrons. The van der Waals surface area contributed by atoms with Crippen molar-refractivity contribution in [1.82, 2.24) is 15.6 Å². The SMILES string of the molecule is CNCCCNC(=O)c1cccc(OCc2csc(C)n2)c1.Cl.Cl. The zero-order valence-corrected chi connectivity index (χ0v) is 16.2. The number of thiazole rings is 1. The molecule has 0 unspecified atom stereocenters. The van der Waals surface area contributed by atoms with Crippen molar-refractivity contribution < 1.29 is 9.53 Å². The van der Waals surface area contributed by atoms with Crippen LogP contribution >= 0.6 is 36.2 Å². The van der Waals surface area contributed by atoms with Crippen molar-refractivity contribution in [3.63, 3.8) is 0 Å². The van der Waals surface area contributed by atoms with Gasteiger partial charge in [0.25, 0.3) is 5.91 Å². The first-order valence-corrected chi connectivity index (χ1v) is 8.13. The molecule has 0 atom stereocenters. The largest absolute Gasteiger partial charge is 0.487 e. The number of carbonyl (C=O) groups is 1. The number of aryl methyl sites for hydroxylation is 1. The maximum atomic E-state index is 12.0. The highest BCUT2D eigenvalue weighted by Crippen LogP contribution is 2.16. The molecule has 0 bridgehead atoms. The van der Waals surface area contributed by atoms with Gasteiger partial charge in [0.15, 0.2) is 0 Å². The van der Waals surface area contributed by atoms with E-state index >= 15 is 0 Å². The monoisotopic (exact) mass is 391 g/mol. The van der Waals surface area contributed by atoms with Crippen molar-refractivity contribution >= 4 is 42.1 Å². The average molecular weight is 392 g/mol. The maximum Gasteiger partial charge on any atom is 0.251 e. The van der Waals surface area contributed by atoms with Crippen molar-refractivity contribution in [2.24, 2.45) is 0 Å². The number of rotatable bonds is 8. The second kappa shape index (κ2) is 12.1. The lowest BCUT2D eigenvalue weighted by molar-refractivity contribution is 0.0953. The summed E-state index contributed by atoms with van der Waals surface area (Å²) in [5.74, 6) is 0.597. The highest BCUT2D eigenvalue weighted by atomic mass is 35.5. The Morgan fingerprint density at radius 1 is 1.29 bits per heavy atom. The van der Waals surface area contributed by atoms with E-state index in [0.29, 0.717) is 24.5 Å². The number of nitrogens with one attached hydrogen (secondary N) is 2. The van der Waals surface area contributed by atoms with Gasteiger partial charge in [-0.25, -0.2) is 4.98 Å². The van der Waals surface area contributed by atoms with E-state index in [1.165, 1.54) is 0 Å². The third kappa shape index (κ3) is 7.49. The van der Waals surface area contributed by atoms with Gasteiger partial charge in [-0.1, -0.05) is 6.07 Å². The summed E-state index contributed by atoms with van der Waals surface area (Å²) in [6, 6.07) is 7.21. The van der Waals surface area contributed by atoms with Gasteiger partial charge < -0.3 is 15.4 Å². The molecule has 0 fully saturated rings. The molecule has 2 rings (SSSR count). The molecule has 0 spiro atoms. The van der Waals surface area contributed by atoms with Crippen LogP contribution in [0.5, 0.6) is 5.75 Å². The molecule has 1 aromatic carbocycles. The first-order valence-electron chi connectivity index (χ1n) is 7.25. The third-order valence-corrected chi connectivity index (χ3v) is 3.86. The number of hydrogen-bond acceptors (Lipinski definition) is 5. The van der Waals surface area contributed by atoms with Gasteiger partial charge in [-0.05, 0) is 45.1 Å². The fourth-order valence-corrected chi connectivity index (χ4v) is 2.53. The Morgan fingerprint density at radius 3 is 2.75 bits per heavy atom. The Balaban J connectivity index is 0.00000264. The van der Waals surface area contributed by atoms with E-state index in [1.807, 2.05) is 31.5 Å². The molecule has 1 heterocycles. The predicted octanol–water partition coefficient (Wildman–Crippen LogP) is 3.21. The molecule has 0 aliphatic carbocycles. The lowest BCUT2D eigenvalue weighted by atomic mass is 10.2. The van der Waals surface area contributed by atoms with E-state index in [9.17, 15) is 4.79 Å². The van der Waals surface area contributed by atoms with Gasteiger partial charge in [-0.2, -0.15) is 0 Å². The zero-order valence-electron chi connectivity index (χ0n) is 13.7. The standard InChI is InChI=1S/C16H21N3O2S.2ClH/c1-12-19-14(11-22-12)10-21-15-6-3-5-13(9-15)16(20)18-8-4-7-17-2;;/h3,5-6,9,11,17H,4,7-8,10H2,1-2H3,(H,18,20);2*1H. The van der Waals surface area contributed by atoms with Crippen LogP contribution in [0.2, 0.25) is 0 Å². The van der Waals surface area contributed by atoms with E-state index in [4.69, 9.17) is 4.74 Å². The number of aromatic nitrogens is 1. The van der Waals surface area contributed by atoms with Crippen LogP contribution in [0.15, 0.2) is 29.6 Å². The summed E-state index contributed by atoms with van der Waals surface area (Å²) >= 11 is 1.60. The summed E-state index contributed by atoms with van der Waals surface area (Å²) in [7, 11) is 1.90. The maximum absolute atomic E-state index is 12.0. The van der Waals surface area contributed by atoms with Gasteiger partial charge in [0, 0.05) is 17.5 Å². The van der Waals surface area contributed by atoms with Crippen LogP contribution in [0, 0.1) is 6.92 Å². The first kappa shape index (κ1) is 22.7. The molecule has 134 valence electrons. The number of halogens is 2. The normalized spacial score (nSPS) is 9.58. The fraction of sp³-hybridized carbons (Fsp3) is 0.375. The smallest absolute Gasteiger partial charge is 0.251 e. The van der Waals surface area contributed by atoms with Gasteiger partial charge in [0.05, 0.1) is 10.7 Å². The molecule has 24 heavy (non-hydrogen) atoms. The molecule has 0 aliphatic heterocycles. The molecule has 0 saturated heterocycles. The summed E-state index contributed by atoms with van der Waals surface area (Å²) in [5, 5.41) is 8.94. The second-order valence-corrected chi connectivity index (χ2v) is 5.95. The van der Waals surface area contributed by atoms with Crippen LogP contribution in [0.25, 0.3) is 0 Å². The summed E-state index contributed by atoms with van der Waals surface area (Å²) in [5.41, 5.74) is 1.51. The van der Waals surface area contributed by atoms with Gasteiger partial charge in [-0.15, -0.1) is 36.2 Å². The van der Waals surface area contributed by atoms with E-state index in [-0.39, 0.29) is 30.7 Å². The van der Waals surface area contributed by atoms with E-state index in [0.717, 1.165) is 23.7 Å². The average Bonchev–Trinajstić information content (AvgIpc) is 2.95. The molecule has 1 amide bonds. The van der Waals surface area contributed by atoms with Crippen LogP contribution < -0.4 is 15.4 Å². The molecule has 5 nitrogen and oxygen atoms in total. The van der Waals surface area contributed by atoms with E-state index < -0.39 is 0 Å². The first-order chi connectivity index (χ1) is 10.7. The van der Waals surface area contributed by atoms with Crippen molar-refractivity contribution in [1.29, 1.82) is 0 Å². The zero-order chi connectivity index (χ0) is 15.8. The molecule has 0 saturated carbocycles. The molecule has 8 heteroatoms. The highest BCUT2D eigenvalue weighted by Gasteiger charge is 2.06. The van der Waals surface area contributed by atoms with E-state index in [1.54, 1.807) is 23.5 Å². The van der Waals surface area contributed by atoms with Crippen molar-refractivity contribution in [3.8, 4) is 5.75 Å². The second-order valence-electron chi connectivity index (χ2n) is 4.89. The Hall–Kier alpha value is -1.34. The quantitative estimate of drug-likeness (QED) is 0.678. The number of benzene rings is 1. The number of amides is 1. The van der Waals surface area contributed by atoms with Crippen molar-refractivity contribution in [3.05, 3.63) is 45.9 Å². The van der Waals surface area contributed by atoms with Gasteiger partial charge >= 0.3 is 0 Å². The van der Waals surface area contributed by atoms with Crippen LogP contribution in [-0.2, 0) is 6.61 Å². The molecule has 1 aromatic heterocycles. The summed E-state index contributed by atoms with van der Waals surface area (Å²) in [4.78, 5) is 16.4. The topological polar surface area (TPSA) is 63.2 Å². The number of ether oxygens (including phenoxy) is 1. The summed E-state index contributed by atoms with van der Waals surface area (Å²) < 4.78 is 5.69. The molecule has 2 N–H and O–H groups in total. The minimum atomic E-state index is -0.0777. The van der Waals surface area contributed by atoms with Crippen LogP contribution in [0.3, 0.4) is 0 Å². The minimum absolute atomic E-state index is 0. The predicted molar refractivity (Wildman–Crippen MR) is 103 cm³/mol. The van der Waals surface area contributed by atoms with Gasteiger partial charge in [-0.3, -0.25) is 4.79 Å². The Kier molecular flexibility index (Phi) is 11.4. The lowest BCUT2D eigenvalue weighted by Crippen LogP contribution is -2.26. The summed E-state index contributed by atoms with van der Waals surface area (Å²) in [6.45, 7) is 3.92. The Morgan fingerprint density at radius 2 is 2.08 bits per heavy atom. The highest BCUT2D eigenvalue weighted by molar-refractivity contribution is 7.09. The molecular weight excluding hydrogens is 369 g/mol. The Bertz CT molecular complexity index is 623. The minimum Gasteiger partial charge on any atom is -0.487 e. The fourth-order valence-electron chi connectivity index (χ4n) is 1.93. The lowest BCUT2D eigenvalue weighted by Gasteiger charge is -2.08.